The number of Topliss-reactive ketones (excluding diaryl/α,β-unsaturated/α-hetero) is 1. The number of carbonyl (C=O) groups excluding carboxylic acids is 2. The van der Waals surface area contributed by atoms with Gasteiger partial charge in [-0.05, 0) is 60.2 Å². The topological polar surface area (TPSA) is 98.2 Å². The zero-order valence-electron chi connectivity index (χ0n) is 20.3. The highest BCUT2D eigenvalue weighted by molar-refractivity contribution is 7.22. The van der Waals surface area contributed by atoms with E-state index in [0.29, 0.717) is 15.8 Å². The van der Waals surface area contributed by atoms with Crippen molar-refractivity contribution >= 4 is 44.1 Å². The number of anilines is 1. The number of methoxy groups -OCH3 is 3. The molecule has 0 unspecified atom stereocenters. The minimum absolute atomic E-state index is 0.115. The first-order valence-electron chi connectivity index (χ1n) is 11.2. The number of rotatable bonds is 6. The second-order valence-corrected chi connectivity index (χ2v) is 9.25. The Morgan fingerprint density at radius 1 is 0.921 bits per heavy atom. The first kappa shape index (κ1) is 25.2. The number of hydrogen-bond donors (Lipinski definition) is 1. The van der Waals surface area contributed by atoms with E-state index in [9.17, 15) is 23.5 Å². The largest absolute Gasteiger partial charge is 0.507 e. The van der Waals surface area contributed by atoms with Crippen LogP contribution in [0.25, 0.3) is 16.0 Å². The Labute approximate surface area is 219 Å². The number of aromatic nitrogens is 1. The van der Waals surface area contributed by atoms with Gasteiger partial charge in [0.25, 0.3) is 5.78 Å². The van der Waals surface area contributed by atoms with Crippen LogP contribution in [-0.4, -0.2) is 43.1 Å². The average Bonchev–Trinajstić information content (AvgIpc) is 3.45. The number of aliphatic hydroxyl groups is 1. The van der Waals surface area contributed by atoms with E-state index in [1.54, 1.807) is 12.1 Å². The lowest BCUT2D eigenvalue weighted by atomic mass is 9.94. The van der Waals surface area contributed by atoms with Gasteiger partial charge < -0.3 is 19.3 Å². The summed E-state index contributed by atoms with van der Waals surface area (Å²) in [5.41, 5.74) is 0.651. The zero-order chi connectivity index (χ0) is 27.1. The summed E-state index contributed by atoms with van der Waals surface area (Å²) in [6.45, 7) is 0. The van der Waals surface area contributed by atoms with E-state index in [1.165, 1.54) is 51.7 Å². The molecule has 4 aromatic rings. The van der Waals surface area contributed by atoms with E-state index in [1.807, 2.05) is 0 Å². The van der Waals surface area contributed by atoms with E-state index in [2.05, 4.69) is 4.98 Å². The van der Waals surface area contributed by atoms with Gasteiger partial charge in [-0.25, -0.2) is 13.8 Å². The Morgan fingerprint density at radius 3 is 2.16 bits per heavy atom. The van der Waals surface area contributed by atoms with Gasteiger partial charge >= 0.3 is 5.91 Å². The van der Waals surface area contributed by atoms with E-state index in [-0.39, 0.29) is 33.5 Å². The molecule has 1 aliphatic heterocycles. The summed E-state index contributed by atoms with van der Waals surface area (Å²) in [6, 6.07) is 10.8. The van der Waals surface area contributed by atoms with E-state index < -0.39 is 35.1 Å². The fraction of sp³-hybridized carbons (Fsp3) is 0.148. The maximum absolute atomic E-state index is 13.9. The molecule has 1 saturated heterocycles. The molecule has 3 aromatic carbocycles. The molecule has 1 fully saturated rings. The van der Waals surface area contributed by atoms with Crippen LogP contribution in [0, 0.1) is 11.6 Å². The summed E-state index contributed by atoms with van der Waals surface area (Å²) in [5.74, 6) is -2.66. The van der Waals surface area contributed by atoms with Crippen LogP contribution in [-0.2, 0) is 9.59 Å². The lowest BCUT2D eigenvalue weighted by Gasteiger charge is -2.24. The Bertz CT molecular complexity index is 1590. The first-order chi connectivity index (χ1) is 18.3. The van der Waals surface area contributed by atoms with Crippen molar-refractivity contribution in [2.24, 2.45) is 0 Å². The van der Waals surface area contributed by atoms with Crippen molar-refractivity contribution in [2.45, 2.75) is 6.04 Å². The van der Waals surface area contributed by atoms with Crippen molar-refractivity contribution in [1.82, 2.24) is 4.98 Å². The Kier molecular flexibility index (Phi) is 6.45. The summed E-state index contributed by atoms with van der Waals surface area (Å²) in [7, 11) is 4.26. The Balaban J connectivity index is 1.78. The van der Waals surface area contributed by atoms with Crippen molar-refractivity contribution < 1.29 is 37.7 Å². The van der Waals surface area contributed by atoms with Crippen LogP contribution in [0.5, 0.6) is 17.2 Å². The van der Waals surface area contributed by atoms with E-state index in [4.69, 9.17) is 14.2 Å². The predicted molar refractivity (Wildman–Crippen MR) is 137 cm³/mol. The maximum Gasteiger partial charge on any atom is 0.301 e. The van der Waals surface area contributed by atoms with Gasteiger partial charge in [0, 0.05) is 5.56 Å². The Morgan fingerprint density at radius 2 is 1.55 bits per heavy atom. The summed E-state index contributed by atoms with van der Waals surface area (Å²) < 4.78 is 44.2. The van der Waals surface area contributed by atoms with Crippen LogP contribution in [0.4, 0.5) is 13.9 Å². The highest BCUT2D eigenvalue weighted by Gasteiger charge is 2.48. The fourth-order valence-corrected chi connectivity index (χ4v) is 5.37. The number of carbonyl (C=O) groups is 2. The number of benzene rings is 3. The molecule has 11 heteroatoms. The number of hydrogen-bond acceptors (Lipinski definition) is 8. The number of amides is 1. The highest BCUT2D eigenvalue weighted by atomic mass is 32.1. The molecule has 5 rings (SSSR count). The van der Waals surface area contributed by atoms with Crippen molar-refractivity contribution in [1.29, 1.82) is 0 Å². The number of fused-ring (bicyclic) bond motifs is 1. The molecule has 1 aromatic heterocycles. The van der Waals surface area contributed by atoms with Crippen LogP contribution in [0.3, 0.4) is 0 Å². The minimum atomic E-state index is -1.18. The highest BCUT2D eigenvalue weighted by Crippen LogP contribution is 2.48. The van der Waals surface area contributed by atoms with Crippen molar-refractivity contribution in [3.63, 3.8) is 0 Å². The second-order valence-electron chi connectivity index (χ2n) is 8.24. The molecule has 194 valence electrons. The van der Waals surface area contributed by atoms with Crippen LogP contribution in [0.1, 0.15) is 17.2 Å². The molecule has 1 amide bonds. The molecule has 1 N–H and O–H groups in total. The molecule has 0 aliphatic carbocycles. The van der Waals surface area contributed by atoms with E-state index >= 15 is 0 Å². The minimum Gasteiger partial charge on any atom is -0.507 e. The standard InChI is InChI=1S/C27H20F2N2O6S/c1-35-18-10-14(11-19(36-2)25(18)37-3)22-21(23(32)13-4-6-15(28)7-5-13)24(33)26(34)31(22)27-30-17-9-8-16(29)12-20(17)38-27/h4-12,22,32H,1-3H3/b23-21+/t22-/m0/s1. The molecule has 0 bridgehead atoms. The molecular formula is C27H20F2N2O6S. The van der Waals surface area contributed by atoms with Crippen LogP contribution >= 0.6 is 11.3 Å². The third-order valence-corrected chi connectivity index (χ3v) is 7.13. The van der Waals surface area contributed by atoms with Crippen LogP contribution in [0.15, 0.2) is 60.2 Å². The van der Waals surface area contributed by atoms with Gasteiger partial charge in [-0.15, -0.1) is 0 Å². The van der Waals surface area contributed by atoms with Crippen molar-refractivity contribution in [3.8, 4) is 17.2 Å². The smallest absolute Gasteiger partial charge is 0.301 e. The molecule has 0 radical (unpaired) electrons. The van der Waals surface area contributed by atoms with Gasteiger partial charge in [0.1, 0.15) is 17.4 Å². The van der Waals surface area contributed by atoms with Crippen molar-refractivity contribution in [3.05, 3.63) is 82.9 Å². The first-order valence-corrected chi connectivity index (χ1v) is 12.0. The number of nitrogens with zero attached hydrogens (tertiary/aromatic N) is 2. The van der Waals surface area contributed by atoms with Gasteiger partial charge in [-0.2, -0.15) is 0 Å². The third kappa shape index (κ3) is 4.10. The van der Waals surface area contributed by atoms with Gasteiger partial charge in [0.15, 0.2) is 16.6 Å². The summed E-state index contributed by atoms with van der Waals surface area (Å²) in [6.07, 6.45) is 0. The van der Waals surface area contributed by atoms with Gasteiger partial charge in [-0.3, -0.25) is 14.5 Å². The SMILES string of the molecule is COc1cc([C@H]2/C(=C(\O)c3ccc(F)cc3)C(=O)C(=O)N2c2nc3ccc(F)cc3s2)cc(OC)c1OC. The monoisotopic (exact) mass is 538 g/mol. The average molecular weight is 539 g/mol. The van der Waals surface area contributed by atoms with Gasteiger partial charge in [0.2, 0.25) is 5.75 Å². The number of ether oxygens (including phenoxy) is 3. The number of aliphatic hydroxyl groups excluding tert-OH is 1. The molecule has 2 heterocycles. The normalized spacial score (nSPS) is 16.8. The third-order valence-electron chi connectivity index (χ3n) is 6.11. The summed E-state index contributed by atoms with van der Waals surface area (Å²) in [5, 5.41) is 11.3. The second kappa shape index (κ2) is 9.75. The molecule has 1 atom stereocenters. The molecule has 38 heavy (non-hydrogen) atoms. The van der Waals surface area contributed by atoms with E-state index in [0.717, 1.165) is 28.4 Å². The number of thiazole rings is 1. The number of halogens is 2. The lowest BCUT2D eigenvalue weighted by molar-refractivity contribution is -0.132. The Hall–Kier alpha value is -4.51. The molecule has 0 spiro atoms. The van der Waals surface area contributed by atoms with Crippen LogP contribution in [0.2, 0.25) is 0 Å². The molecule has 1 aliphatic rings. The quantitative estimate of drug-likeness (QED) is 0.204. The fourth-order valence-electron chi connectivity index (χ4n) is 4.36. The molecule has 0 saturated carbocycles. The van der Waals surface area contributed by atoms with Gasteiger partial charge in [0.05, 0.1) is 43.2 Å². The summed E-state index contributed by atoms with van der Waals surface area (Å²) >= 11 is 1.01. The molecule has 8 nitrogen and oxygen atoms in total. The maximum atomic E-state index is 13.9. The lowest BCUT2D eigenvalue weighted by Crippen LogP contribution is -2.29. The summed E-state index contributed by atoms with van der Waals surface area (Å²) in [4.78, 5) is 32.4. The zero-order valence-corrected chi connectivity index (χ0v) is 21.1. The predicted octanol–water partition coefficient (Wildman–Crippen LogP) is 5.23. The van der Waals surface area contributed by atoms with Crippen molar-refractivity contribution in [2.75, 3.05) is 26.2 Å². The number of ketones is 1. The van der Waals surface area contributed by atoms with Crippen LogP contribution < -0.4 is 19.1 Å². The molecular weight excluding hydrogens is 518 g/mol. The van der Waals surface area contributed by atoms with Gasteiger partial charge in [-0.1, -0.05) is 11.3 Å².